The first-order valence-electron chi connectivity index (χ1n) is 10.1. The van der Waals surface area contributed by atoms with Gasteiger partial charge >= 0.3 is 17.9 Å². The molecule has 0 aromatic heterocycles. The second-order valence-corrected chi connectivity index (χ2v) is 7.63. The summed E-state index contributed by atoms with van der Waals surface area (Å²) in [5, 5.41) is 0. The molecule has 2 bridgehead atoms. The zero-order chi connectivity index (χ0) is 23.2. The molecule has 2 saturated heterocycles. The van der Waals surface area contributed by atoms with Crippen LogP contribution in [0.15, 0.2) is 36.4 Å². The summed E-state index contributed by atoms with van der Waals surface area (Å²) < 4.78 is 21.2. The zero-order valence-electron chi connectivity index (χ0n) is 17.6. The largest absolute Gasteiger partial charge is 0.462 e. The Morgan fingerprint density at radius 3 is 2.25 bits per heavy atom. The average Bonchev–Trinajstić information content (AvgIpc) is 3.38. The molecule has 3 aliphatic rings. The first-order chi connectivity index (χ1) is 15.2. The van der Waals surface area contributed by atoms with Gasteiger partial charge in [-0.1, -0.05) is 6.08 Å². The number of fused-ring (bicyclic) bond motifs is 5. The minimum atomic E-state index is -1.61. The van der Waals surface area contributed by atoms with E-state index in [0.717, 1.165) is 18.7 Å². The molecule has 1 aromatic rings. The number of rotatable bonds is 6. The van der Waals surface area contributed by atoms with Crippen molar-refractivity contribution in [3.63, 3.8) is 0 Å². The van der Waals surface area contributed by atoms with Gasteiger partial charge in [0.05, 0.1) is 35.8 Å². The maximum atomic E-state index is 13.4. The summed E-state index contributed by atoms with van der Waals surface area (Å²) >= 11 is 0. The van der Waals surface area contributed by atoms with Crippen LogP contribution in [-0.4, -0.2) is 54.3 Å². The molecule has 0 N–H and O–H groups in total. The number of amides is 2. The van der Waals surface area contributed by atoms with Gasteiger partial charge in [0.2, 0.25) is 11.8 Å². The topological polar surface area (TPSA) is 126 Å². The molecular weight excluding hydrogens is 422 g/mol. The zero-order valence-corrected chi connectivity index (χ0v) is 17.6. The molecule has 0 aliphatic carbocycles. The van der Waals surface area contributed by atoms with Crippen LogP contribution in [0.4, 0.5) is 5.69 Å². The molecule has 4 rings (SSSR count). The average molecular weight is 443 g/mol. The summed E-state index contributed by atoms with van der Waals surface area (Å²) in [7, 11) is 0. The first-order valence-corrected chi connectivity index (χ1v) is 10.1. The Morgan fingerprint density at radius 2 is 1.69 bits per heavy atom. The lowest BCUT2D eigenvalue weighted by atomic mass is 9.76. The molecule has 10 nitrogen and oxygen atoms in total. The van der Waals surface area contributed by atoms with E-state index >= 15 is 0 Å². The molecule has 0 radical (unpaired) electrons. The van der Waals surface area contributed by atoms with Crippen molar-refractivity contribution in [2.75, 3.05) is 11.5 Å². The van der Waals surface area contributed by atoms with Crippen LogP contribution in [0, 0.1) is 11.8 Å². The van der Waals surface area contributed by atoms with Crippen molar-refractivity contribution in [1.82, 2.24) is 0 Å². The maximum absolute atomic E-state index is 13.4. The Hall–Kier alpha value is -3.53. The van der Waals surface area contributed by atoms with Crippen molar-refractivity contribution in [3.8, 4) is 0 Å². The van der Waals surface area contributed by atoms with E-state index in [-0.39, 0.29) is 17.9 Å². The Bertz CT molecular complexity index is 1010. The third kappa shape index (κ3) is 3.27. The van der Waals surface area contributed by atoms with Crippen molar-refractivity contribution >= 4 is 35.4 Å². The fraction of sp³-hybridized carbons (Fsp3) is 0.409. The highest BCUT2D eigenvalue weighted by atomic mass is 16.7. The lowest BCUT2D eigenvalue weighted by Crippen LogP contribution is -2.52. The number of esters is 3. The molecule has 4 atom stereocenters. The smallest absolute Gasteiger partial charge is 0.338 e. The number of hydrogen-bond acceptors (Lipinski definition) is 9. The fourth-order valence-corrected chi connectivity index (χ4v) is 4.43. The van der Waals surface area contributed by atoms with Crippen LogP contribution < -0.4 is 4.90 Å². The van der Waals surface area contributed by atoms with Crippen LogP contribution in [0.1, 0.15) is 31.1 Å². The summed E-state index contributed by atoms with van der Waals surface area (Å²) in [6.07, 6.45) is 0.832. The molecule has 2 amide bonds. The van der Waals surface area contributed by atoms with Crippen LogP contribution in [-0.2, 0) is 38.1 Å². The fourth-order valence-electron chi connectivity index (χ4n) is 4.43. The van der Waals surface area contributed by atoms with Crippen molar-refractivity contribution < 1.29 is 42.9 Å². The summed E-state index contributed by atoms with van der Waals surface area (Å²) in [6.45, 7) is 4.17. The minimum absolute atomic E-state index is 0.218. The van der Waals surface area contributed by atoms with Gasteiger partial charge in [0.25, 0.3) is 6.29 Å². The van der Waals surface area contributed by atoms with E-state index in [1.165, 1.54) is 30.3 Å². The summed E-state index contributed by atoms with van der Waals surface area (Å²) in [5.41, 5.74) is -1.06. The number of nitrogens with zero attached hydrogens (tertiary/aromatic N) is 1. The minimum Gasteiger partial charge on any atom is -0.462 e. The summed E-state index contributed by atoms with van der Waals surface area (Å²) in [6, 6.07) is 5.87. The van der Waals surface area contributed by atoms with Gasteiger partial charge in [-0.2, -0.15) is 0 Å². The molecule has 32 heavy (non-hydrogen) atoms. The van der Waals surface area contributed by atoms with Gasteiger partial charge in [-0.3, -0.25) is 19.2 Å². The predicted octanol–water partition coefficient (Wildman–Crippen LogP) is 1.13. The Kier molecular flexibility index (Phi) is 5.33. The van der Waals surface area contributed by atoms with Gasteiger partial charge in [-0.05, 0) is 37.3 Å². The lowest BCUT2D eigenvalue weighted by Gasteiger charge is -2.34. The SMILES string of the molecule is CCOC(=O)c1ccc(N2C(=O)[C@@H]3[C@@H]4C=C[C@](C(OC(C)=O)OC(C)=O)(O4)[C@@H]3C2=O)cc1. The highest BCUT2D eigenvalue weighted by Gasteiger charge is 2.72. The number of carbonyl (C=O) groups excluding carboxylic acids is 5. The Morgan fingerprint density at radius 1 is 1.06 bits per heavy atom. The van der Waals surface area contributed by atoms with Gasteiger partial charge < -0.3 is 18.9 Å². The molecule has 0 saturated carbocycles. The predicted molar refractivity (Wildman–Crippen MR) is 106 cm³/mol. The first kappa shape index (κ1) is 21.7. The van der Waals surface area contributed by atoms with Crippen molar-refractivity contribution in [1.29, 1.82) is 0 Å². The number of imide groups is 1. The van der Waals surface area contributed by atoms with Crippen LogP contribution in [0.5, 0.6) is 0 Å². The summed E-state index contributed by atoms with van der Waals surface area (Å²) in [4.78, 5) is 62.8. The monoisotopic (exact) mass is 443 g/mol. The van der Waals surface area contributed by atoms with Crippen LogP contribution in [0.25, 0.3) is 0 Å². The molecule has 168 valence electrons. The van der Waals surface area contributed by atoms with E-state index in [9.17, 15) is 24.0 Å². The Balaban J connectivity index is 1.66. The number of carbonyl (C=O) groups is 5. The van der Waals surface area contributed by atoms with E-state index in [4.69, 9.17) is 18.9 Å². The molecule has 1 aromatic carbocycles. The van der Waals surface area contributed by atoms with E-state index in [2.05, 4.69) is 0 Å². The molecule has 0 spiro atoms. The lowest BCUT2D eigenvalue weighted by molar-refractivity contribution is -0.226. The van der Waals surface area contributed by atoms with Crippen molar-refractivity contribution in [2.45, 2.75) is 38.8 Å². The summed E-state index contributed by atoms with van der Waals surface area (Å²) in [5.74, 6) is -5.00. The van der Waals surface area contributed by atoms with Crippen molar-refractivity contribution in [2.24, 2.45) is 11.8 Å². The molecule has 10 heteroatoms. The third-order valence-electron chi connectivity index (χ3n) is 5.63. The van der Waals surface area contributed by atoms with Gasteiger partial charge in [-0.25, -0.2) is 9.69 Å². The molecule has 3 heterocycles. The highest BCUT2D eigenvalue weighted by molar-refractivity contribution is 6.23. The maximum Gasteiger partial charge on any atom is 0.338 e. The van der Waals surface area contributed by atoms with Gasteiger partial charge in [0, 0.05) is 13.8 Å². The van der Waals surface area contributed by atoms with E-state index in [1.807, 2.05) is 0 Å². The molecule has 0 unspecified atom stereocenters. The number of benzene rings is 1. The van der Waals surface area contributed by atoms with E-state index in [0.29, 0.717) is 0 Å². The normalized spacial score (nSPS) is 27.6. The van der Waals surface area contributed by atoms with Gasteiger partial charge in [-0.15, -0.1) is 0 Å². The standard InChI is InChI=1S/C22H21NO9/c1-4-29-20(28)13-5-7-14(8-6-13)23-18(26)16-15-9-10-22(32-15,17(16)19(23)27)21(30-11(2)24)31-12(3)25/h5-10,15-17,21H,4H2,1-3H3/t15-,16+,17-,22-/m0/s1. The van der Waals surface area contributed by atoms with Crippen LogP contribution in [0.2, 0.25) is 0 Å². The third-order valence-corrected chi connectivity index (χ3v) is 5.63. The number of hydrogen-bond donors (Lipinski definition) is 0. The Labute approximate surface area is 183 Å². The molecule has 3 aliphatic heterocycles. The number of anilines is 1. The second kappa shape index (κ2) is 7.86. The molecule has 2 fully saturated rings. The van der Waals surface area contributed by atoms with E-state index in [1.54, 1.807) is 13.0 Å². The second-order valence-electron chi connectivity index (χ2n) is 7.63. The van der Waals surface area contributed by atoms with Gasteiger partial charge in [0.1, 0.15) is 0 Å². The van der Waals surface area contributed by atoms with Crippen LogP contribution >= 0.6 is 0 Å². The molecular formula is C22H21NO9. The highest BCUT2D eigenvalue weighted by Crippen LogP contribution is 2.54. The van der Waals surface area contributed by atoms with Crippen LogP contribution in [0.3, 0.4) is 0 Å². The quantitative estimate of drug-likeness (QED) is 0.275. The van der Waals surface area contributed by atoms with Crippen molar-refractivity contribution in [3.05, 3.63) is 42.0 Å². The number of ether oxygens (including phenoxy) is 4. The van der Waals surface area contributed by atoms with E-state index < -0.39 is 59.6 Å². The van der Waals surface area contributed by atoms with Gasteiger partial charge in [0.15, 0.2) is 5.60 Å².